The van der Waals surface area contributed by atoms with Crippen molar-refractivity contribution in [1.82, 2.24) is 15.0 Å². The molecule has 1 aliphatic rings. The van der Waals surface area contributed by atoms with Gasteiger partial charge in [0.15, 0.2) is 5.82 Å². The van der Waals surface area contributed by atoms with Crippen LogP contribution in [0.2, 0.25) is 0 Å². The van der Waals surface area contributed by atoms with Crippen LogP contribution >= 0.6 is 11.3 Å². The molecule has 0 unspecified atom stereocenters. The summed E-state index contributed by atoms with van der Waals surface area (Å²) in [5.74, 6) is 1.09. The molecule has 7 heteroatoms. The molecule has 1 aliphatic carbocycles. The molecule has 0 spiro atoms. The van der Waals surface area contributed by atoms with E-state index < -0.39 is 0 Å². The average Bonchev–Trinajstić information content (AvgIpc) is 3.20. The summed E-state index contributed by atoms with van der Waals surface area (Å²) >= 11 is 1.74. The van der Waals surface area contributed by atoms with Crippen LogP contribution in [0, 0.1) is 0 Å². The molecule has 3 heterocycles. The molecule has 0 radical (unpaired) electrons. The van der Waals surface area contributed by atoms with E-state index in [1.165, 1.54) is 16.9 Å². The van der Waals surface area contributed by atoms with E-state index in [-0.39, 0.29) is 12.5 Å². The fourth-order valence-electron chi connectivity index (χ4n) is 3.35. The van der Waals surface area contributed by atoms with E-state index in [0.717, 1.165) is 34.4 Å². The Bertz CT molecular complexity index is 938. The van der Waals surface area contributed by atoms with Gasteiger partial charge in [0.25, 0.3) is 0 Å². The number of primary amides is 1. The fourth-order valence-corrected chi connectivity index (χ4v) is 4.61. The molecular formula is C18H19N5OS. The number of nitrogens with zero attached hydrogens (tertiary/aromatic N) is 4. The van der Waals surface area contributed by atoms with Crippen molar-refractivity contribution in [2.45, 2.75) is 26.2 Å². The van der Waals surface area contributed by atoms with Crippen molar-refractivity contribution in [1.29, 1.82) is 0 Å². The number of likely N-dealkylation sites (N-methyl/N-ethyl adjacent to an activating group) is 1. The van der Waals surface area contributed by atoms with Crippen LogP contribution in [0.1, 0.15) is 23.8 Å². The molecule has 3 aromatic heterocycles. The molecule has 0 aliphatic heterocycles. The topological polar surface area (TPSA) is 85.0 Å². The standard InChI is InChI=1S/C18H19N5OS/c1-2-23(10-14(19)24)17-15-12-6-3-7-13(12)25-18(15)22-16(21-17)11-5-4-8-20-9-11/h4-5,8-9H,2-3,6-7,10H2,1H3,(H2,19,24). The third kappa shape index (κ3) is 2.84. The highest BCUT2D eigenvalue weighted by Crippen LogP contribution is 2.41. The maximum absolute atomic E-state index is 11.5. The van der Waals surface area contributed by atoms with Crippen LogP contribution in [-0.4, -0.2) is 33.9 Å². The van der Waals surface area contributed by atoms with Crippen molar-refractivity contribution in [3.8, 4) is 11.4 Å². The lowest BCUT2D eigenvalue weighted by Gasteiger charge is -2.22. The number of aryl methyl sites for hydroxylation is 2. The lowest BCUT2D eigenvalue weighted by Crippen LogP contribution is -2.34. The Morgan fingerprint density at radius 1 is 1.36 bits per heavy atom. The first kappa shape index (κ1) is 16.0. The van der Waals surface area contributed by atoms with Crippen molar-refractivity contribution in [2.24, 2.45) is 5.73 Å². The molecule has 2 N–H and O–H groups in total. The second kappa shape index (κ2) is 6.40. The van der Waals surface area contributed by atoms with Crippen molar-refractivity contribution in [2.75, 3.05) is 18.0 Å². The quantitative estimate of drug-likeness (QED) is 0.762. The van der Waals surface area contributed by atoms with E-state index in [4.69, 9.17) is 15.7 Å². The molecule has 0 saturated carbocycles. The third-order valence-corrected chi connectivity index (χ3v) is 5.68. The van der Waals surface area contributed by atoms with Crippen molar-refractivity contribution in [3.05, 3.63) is 35.0 Å². The highest BCUT2D eigenvalue weighted by Gasteiger charge is 2.25. The number of nitrogens with two attached hydrogens (primary N) is 1. The second-order valence-corrected chi connectivity index (χ2v) is 7.21. The minimum Gasteiger partial charge on any atom is -0.368 e. The van der Waals surface area contributed by atoms with Crippen LogP contribution in [0.25, 0.3) is 21.6 Å². The summed E-state index contributed by atoms with van der Waals surface area (Å²) < 4.78 is 0. The number of carbonyl (C=O) groups excluding carboxylic acids is 1. The normalized spacial score (nSPS) is 13.2. The Morgan fingerprint density at radius 3 is 2.96 bits per heavy atom. The van der Waals surface area contributed by atoms with Crippen LogP contribution in [0.3, 0.4) is 0 Å². The van der Waals surface area contributed by atoms with Gasteiger partial charge in [0.1, 0.15) is 10.6 Å². The van der Waals surface area contributed by atoms with Gasteiger partial charge in [-0.1, -0.05) is 0 Å². The first-order chi connectivity index (χ1) is 12.2. The Hall–Kier alpha value is -2.54. The smallest absolute Gasteiger partial charge is 0.236 e. The third-order valence-electron chi connectivity index (χ3n) is 4.49. The predicted octanol–water partition coefficient (Wildman–Crippen LogP) is 2.55. The SMILES string of the molecule is CCN(CC(N)=O)c1nc(-c2cccnc2)nc2sc3c(c12)CCC3. The minimum atomic E-state index is -0.358. The van der Waals surface area contributed by atoms with Gasteiger partial charge in [-0.2, -0.15) is 0 Å². The number of amides is 1. The molecule has 1 amide bonds. The molecule has 0 fully saturated rings. The van der Waals surface area contributed by atoms with E-state index in [0.29, 0.717) is 12.4 Å². The van der Waals surface area contributed by atoms with Crippen molar-refractivity contribution >= 4 is 33.3 Å². The van der Waals surface area contributed by atoms with Gasteiger partial charge in [0, 0.05) is 29.4 Å². The summed E-state index contributed by atoms with van der Waals surface area (Å²) in [6, 6.07) is 3.82. The molecule has 128 valence electrons. The van der Waals surface area contributed by atoms with Crippen LogP contribution in [0.15, 0.2) is 24.5 Å². The van der Waals surface area contributed by atoms with E-state index >= 15 is 0 Å². The zero-order chi connectivity index (χ0) is 17.4. The fraction of sp³-hybridized carbons (Fsp3) is 0.333. The van der Waals surface area contributed by atoms with Gasteiger partial charge in [-0.3, -0.25) is 9.78 Å². The lowest BCUT2D eigenvalue weighted by atomic mass is 10.1. The van der Waals surface area contributed by atoms with Gasteiger partial charge in [0.2, 0.25) is 5.91 Å². The molecule has 3 aromatic rings. The monoisotopic (exact) mass is 353 g/mol. The molecule has 0 saturated heterocycles. The van der Waals surface area contributed by atoms with Gasteiger partial charge in [-0.25, -0.2) is 9.97 Å². The number of fused-ring (bicyclic) bond motifs is 3. The summed E-state index contributed by atoms with van der Waals surface area (Å²) in [4.78, 5) is 29.6. The van der Waals surface area contributed by atoms with Crippen LogP contribution < -0.4 is 10.6 Å². The van der Waals surface area contributed by atoms with Crippen LogP contribution in [0.5, 0.6) is 0 Å². The van der Waals surface area contributed by atoms with Gasteiger partial charge in [-0.15, -0.1) is 11.3 Å². The van der Waals surface area contributed by atoms with E-state index in [1.807, 2.05) is 24.0 Å². The largest absolute Gasteiger partial charge is 0.368 e. The van der Waals surface area contributed by atoms with Gasteiger partial charge < -0.3 is 10.6 Å². The van der Waals surface area contributed by atoms with Crippen molar-refractivity contribution < 1.29 is 4.79 Å². The first-order valence-electron chi connectivity index (χ1n) is 8.43. The lowest BCUT2D eigenvalue weighted by molar-refractivity contribution is -0.116. The zero-order valence-electron chi connectivity index (χ0n) is 14.0. The van der Waals surface area contributed by atoms with Crippen LogP contribution in [-0.2, 0) is 17.6 Å². The summed E-state index contributed by atoms with van der Waals surface area (Å²) in [7, 11) is 0. The Kier molecular flexibility index (Phi) is 4.09. The molecule has 0 bridgehead atoms. The summed E-state index contributed by atoms with van der Waals surface area (Å²) in [5.41, 5.74) is 7.67. The maximum atomic E-state index is 11.5. The highest BCUT2D eigenvalue weighted by molar-refractivity contribution is 7.19. The number of thiophene rings is 1. The molecule has 25 heavy (non-hydrogen) atoms. The second-order valence-electron chi connectivity index (χ2n) is 6.13. The molecule has 0 atom stereocenters. The number of carbonyl (C=O) groups is 1. The average molecular weight is 353 g/mol. The minimum absolute atomic E-state index is 0.152. The highest BCUT2D eigenvalue weighted by atomic mass is 32.1. The van der Waals surface area contributed by atoms with E-state index in [2.05, 4.69) is 4.98 Å². The maximum Gasteiger partial charge on any atom is 0.236 e. The van der Waals surface area contributed by atoms with Crippen LogP contribution in [0.4, 0.5) is 5.82 Å². The Labute approximate surface area is 149 Å². The zero-order valence-corrected chi connectivity index (χ0v) is 14.8. The number of anilines is 1. The number of pyridine rings is 1. The molecule has 6 nitrogen and oxygen atoms in total. The van der Waals surface area contributed by atoms with E-state index in [1.54, 1.807) is 23.7 Å². The van der Waals surface area contributed by atoms with Gasteiger partial charge in [-0.05, 0) is 43.9 Å². The van der Waals surface area contributed by atoms with Gasteiger partial charge >= 0.3 is 0 Å². The summed E-state index contributed by atoms with van der Waals surface area (Å²) in [6.07, 6.45) is 6.81. The number of hydrogen-bond acceptors (Lipinski definition) is 6. The van der Waals surface area contributed by atoms with E-state index in [9.17, 15) is 4.79 Å². The molecule has 0 aromatic carbocycles. The van der Waals surface area contributed by atoms with Gasteiger partial charge in [0.05, 0.1) is 11.9 Å². The van der Waals surface area contributed by atoms with Crippen molar-refractivity contribution in [3.63, 3.8) is 0 Å². The number of aromatic nitrogens is 3. The number of rotatable bonds is 5. The number of hydrogen-bond donors (Lipinski definition) is 1. The Balaban J connectivity index is 1.95. The Morgan fingerprint density at radius 2 is 2.24 bits per heavy atom. The predicted molar refractivity (Wildman–Crippen MR) is 99.8 cm³/mol. The molecule has 4 rings (SSSR count). The summed E-state index contributed by atoms with van der Waals surface area (Å²) in [6.45, 7) is 2.82. The first-order valence-corrected chi connectivity index (χ1v) is 9.25. The summed E-state index contributed by atoms with van der Waals surface area (Å²) in [5, 5.41) is 1.09. The molecular weight excluding hydrogens is 334 g/mol.